The summed E-state index contributed by atoms with van der Waals surface area (Å²) in [6.07, 6.45) is -1.73. The Balaban J connectivity index is 2.05. The second-order valence-corrected chi connectivity index (χ2v) is 8.28. The highest BCUT2D eigenvalue weighted by atomic mass is 19.1. The van der Waals surface area contributed by atoms with Crippen LogP contribution < -0.4 is 15.4 Å². The Labute approximate surface area is 181 Å². The number of aliphatic hydroxyl groups excluding tert-OH is 1. The van der Waals surface area contributed by atoms with Gasteiger partial charge in [0.1, 0.15) is 23.0 Å². The van der Waals surface area contributed by atoms with Crippen LogP contribution in [0.2, 0.25) is 0 Å². The van der Waals surface area contributed by atoms with Gasteiger partial charge in [-0.25, -0.2) is 13.6 Å². The number of benzene rings is 2. The summed E-state index contributed by atoms with van der Waals surface area (Å²) in [5, 5.41) is 16.4. The SMILES string of the molecule is COc1cccc(CNC[C@@H](O)[C@H](Cc2cc(F)cc(F)c2)NC(=O)OC(C)(C)C)c1. The third-order valence-electron chi connectivity index (χ3n) is 4.36. The first kappa shape index (κ1) is 24.6. The predicted molar refractivity (Wildman–Crippen MR) is 114 cm³/mol. The molecule has 8 heteroatoms. The molecule has 170 valence electrons. The number of hydrogen-bond donors (Lipinski definition) is 3. The largest absolute Gasteiger partial charge is 0.497 e. The van der Waals surface area contributed by atoms with Crippen LogP contribution >= 0.6 is 0 Å². The van der Waals surface area contributed by atoms with Gasteiger partial charge in [-0.3, -0.25) is 0 Å². The lowest BCUT2D eigenvalue weighted by Gasteiger charge is -2.27. The molecule has 0 heterocycles. The third kappa shape index (κ3) is 8.90. The zero-order valence-electron chi connectivity index (χ0n) is 18.2. The molecule has 0 spiro atoms. The Morgan fingerprint density at radius 3 is 2.39 bits per heavy atom. The molecule has 0 aliphatic carbocycles. The monoisotopic (exact) mass is 436 g/mol. The highest BCUT2D eigenvalue weighted by Gasteiger charge is 2.25. The maximum absolute atomic E-state index is 13.6. The normalized spacial score (nSPS) is 13.4. The van der Waals surface area contributed by atoms with Crippen molar-refractivity contribution in [3.8, 4) is 5.75 Å². The summed E-state index contributed by atoms with van der Waals surface area (Å²) in [7, 11) is 1.58. The van der Waals surface area contributed by atoms with Crippen LogP contribution in [0.25, 0.3) is 0 Å². The van der Waals surface area contributed by atoms with Crippen LogP contribution in [-0.4, -0.2) is 42.6 Å². The summed E-state index contributed by atoms with van der Waals surface area (Å²) in [5.41, 5.74) is 0.538. The van der Waals surface area contributed by atoms with Gasteiger partial charge in [-0.15, -0.1) is 0 Å². The fourth-order valence-corrected chi connectivity index (χ4v) is 3.01. The van der Waals surface area contributed by atoms with Crippen molar-refractivity contribution in [1.82, 2.24) is 10.6 Å². The minimum absolute atomic E-state index is 0.0237. The minimum atomic E-state index is -1.04. The number of halogens is 2. The first-order chi connectivity index (χ1) is 14.6. The van der Waals surface area contributed by atoms with Gasteiger partial charge >= 0.3 is 6.09 Å². The topological polar surface area (TPSA) is 79.8 Å². The maximum Gasteiger partial charge on any atom is 0.407 e. The Kier molecular flexibility index (Phi) is 8.76. The van der Waals surface area contributed by atoms with Gasteiger partial charge in [-0.1, -0.05) is 12.1 Å². The molecule has 0 saturated carbocycles. The molecule has 0 bridgehead atoms. The Hall–Kier alpha value is -2.71. The molecular formula is C23H30F2N2O4. The second-order valence-electron chi connectivity index (χ2n) is 8.28. The molecule has 0 unspecified atom stereocenters. The van der Waals surface area contributed by atoms with Gasteiger partial charge in [0.25, 0.3) is 0 Å². The average molecular weight is 436 g/mol. The molecule has 3 N–H and O–H groups in total. The molecule has 2 rings (SSSR count). The van der Waals surface area contributed by atoms with E-state index in [4.69, 9.17) is 9.47 Å². The van der Waals surface area contributed by atoms with E-state index in [1.807, 2.05) is 24.3 Å². The Morgan fingerprint density at radius 1 is 1.10 bits per heavy atom. The molecule has 6 nitrogen and oxygen atoms in total. The van der Waals surface area contributed by atoms with Crippen molar-refractivity contribution in [3.05, 3.63) is 65.2 Å². The van der Waals surface area contributed by atoms with Gasteiger partial charge in [-0.2, -0.15) is 0 Å². The number of amides is 1. The van der Waals surface area contributed by atoms with Gasteiger partial charge in [0.05, 0.1) is 19.3 Å². The molecule has 0 radical (unpaired) electrons. The van der Waals surface area contributed by atoms with Crippen LogP contribution in [-0.2, 0) is 17.7 Å². The third-order valence-corrected chi connectivity index (χ3v) is 4.36. The standard InChI is InChI=1S/C23H30F2N2O4/c1-23(2,3)31-22(29)27-20(11-16-8-17(24)12-18(25)9-16)21(28)14-26-13-15-6-5-7-19(10-15)30-4/h5-10,12,20-21,26,28H,11,13-14H2,1-4H3,(H,27,29)/t20-,21+/m0/s1. The van der Waals surface area contributed by atoms with E-state index in [0.717, 1.165) is 17.4 Å². The van der Waals surface area contributed by atoms with Gasteiger partial charge in [0.2, 0.25) is 0 Å². The van der Waals surface area contributed by atoms with Gasteiger partial charge < -0.3 is 25.2 Å². The number of carbonyl (C=O) groups excluding carboxylic acids is 1. The quantitative estimate of drug-likeness (QED) is 0.560. The molecule has 1 amide bonds. The molecule has 2 atom stereocenters. The predicted octanol–water partition coefficient (Wildman–Crippen LogP) is 3.56. The van der Waals surface area contributed by atoms with Crippen LogP contribution in [0.3, 0.4) is 0 Å². The summed E-state index contributed by atoms with van der Waals surface area (Å²) in [6.45, 7) is 5.75. The fraction of sp³-hybridized carbons (Fsp3) is 0.435. The first-order valence-corrected chi connectivity index (χ1v) is 10.0. The van der Waals surface area contributed by atoms with Crippen molar-refractivity contribution < 1.29 is 28.2 Å². The number of rotatable bonds is 9. The van der Waals surface area contributed by atoms with Crippen molar-refractivity contribution in [2.75, 3.05) is 13.7 Å². The number of methoxy groups -OCH3 is 1. The number of nitrogens with one attached hydrogen (secondary N) is 2. The molecule has 0 saturated heterocycles. The lowest BCUT2D eigenvalue weighted by atomic mass is 10.0. The minimum Gasteiger partial charge on any atom is -0.497 e. The summed E-state index contributed by atoms with van der Waals surface area (Å²) in [5.74, 6) is -0.731. The van der Waals surface area contributed by atoms with E-state index in [1.54, 1.807) is 27.9 Å². The molecule has 2 aromatic rings. The van der Waals surface area contributed by atoms with E-state index in [1.165, 1.54) is 12.1 Å². The van der Waals surface area contributed by atoms with Crippen molar-refractivity contribution in [3.63, 3.8) is 0 Å². The molecule has 31 heavy (non-hydrogen) atoms. The summed E-state index contributed by atoms with van der Waals surface area (Å²) >= 11 is 0. The molecule has 2 aromatic carbocycles. The second kappa shape index (κ2) is 11.1. The van der Waals surface area contributed by atoms with Gasteiger partial charge in [-0.05, 0) is 62.6 Å². The summed E-state index contributed by atoms with van der Waals surface area (Å²) < 4.78 is 37.6. The zero-order chi connectivity index (χ0) is 23.0. The smallest absolute Gasteiger partial charge is 0.407 e. The molecule has 0 aliphatic rings. The summed E-state index contributed by atoms with van der Waals surface area (Å²) in [6, 6.07) is 9.75. The van der Waals surface area contributed by atoms with E-state index in [0.29, 0.717) is 12.1 Å². The van der Waals surface area contributed by atoms with E-state index in [9.17, 15) is 18.7 Å². The fourth-order valence-electron chi connectivity index (χ4n) is 3.01. The van der Waals surface area contributed by atoms with Crippen molar-refractivity contribution in [2.45, 2.75) is 51.5 Å². The lowest BCUT2D eigenvalue weighted by Crippen LogP contribution is -2.49. The Bertz CT molecular complexity index is 851. The van der Waals surface area contributed by atoms with Gasteiger partial charge in [0.15, 0.2) is 0 Å². The number of ether oxygens (including phenoxy) is 2. The van der Waals surface area contributed by atoms with Gasteiger partial charge in [0, 0.05) is 19.2 Å². The first-order valence-electron chi connectivity index (χ1n) is 10.0. The number of aliphatic hydroxyl groups is 1. The van der Waals surface area contributed by atoms with Crippen LogP contribution in [0.1, 0.15) is 31.9 Å². The molecule has 0 aromatic heterocycles. The number of carbonyl (C=O) groups is 1. The van der Waals surface area contributed by atoms with E-state index >= 15 is 0 Å². The molecular weight excluding hydrogens is 406 g/mol. The molecule has 0 aliphatic heterocycles. The average Bonchev–Trinajstić information content (AvgIpc) is 2.65. The maximum atomic E-state index is 13.6. The van der Waals surface area contributed by atoms with Crippen LogP contribution in [0.4, 0.5) is 13.6 Å². The highest BCUT2D eigenvalue weighted by Crippen LogP contribution is 2.14. The molecule has 0 fully saturated rings. The van der Waals surface area contributed by atoms with Crippen molar-refractivity contribution >= 4 is 6.09 Å². The van der Waals surface area contributed by atoms with E-state index in [2.05, 4.69) is 10.6 Å². The lowest BCUT2D eigenvalue weighted by molar-refractivity contribution is 0.0422. The highest BCUT2D eigenvalue weighted by molar-refractivity contribution is 5.68. The van der Waals surface area contributed by atoms with E-state index in [-0.39, 0.29) is 13.0 Å². The van der Waals surface area contributed by atoms with Crippen molar-refractivity contribution in [1.29, 1.82) is 0 Å². The van der Waals surface area contributed by atoms with Crippen LogP contribution in [0.15, 0.2) is 42.5 Å². The Morgan fingerprint density at radius 2 is 1.77 bits per heavy atom. The number of alkyl carbamates (subject to hydrolysis) is 1. The van der Waals surface area contributed by atoms with Crippen LogP contribution in [0, 0.1) is 11.6 Å². The summed E-state index contributed by atoms with van der Waals surface area (Å²) in [4.78, 5) is 12.2. The zero-order valence-corrected chi connectivity index (χ0v) is 18.2. The van der Waals surface area contributed by atoms with E-state index < -0.39 is 35.5 Å². The van der Waals surface area contributed by atoms with Crippen LogP contribution in [0.5, 0.6) is 5.75 Å². The van der Waals surface area contributed by atoms with Crippen molar-refractivity contribution in [2.24, 2.45) is 0 Å². The number of hydrogen-bond acceptors (Lipinski definition) is 5.